The van der Waals surface area contributed by atoms with Gasteiger partial charge in [0.1, 0.15) is 10.7 Å². The second kappa shape index (κ2) is 5.26. The molecule has 0 aliphatic rings. The number of aromatic amines is 1. The standard InChI is InChI=1S/C14H12N4OS/c15-14(18-19)11-6-3-7-12(17-11)20-13-8-9-4-1-2-5-10(9)16-13/h1-8,16,19H,(H2,15,18). The van der Waals surface area contributed by atoms with Crippen LogP contribution in [0.25, 0.3) is 10.9 Å². The van der Waals surface area contributed by atoms with Gasteiger partial charge in [0.05, 0.1) is 5.03 Å². The van der Waals surface area contributed by atoms with Gasteiger partial charge in [-0.1, -0.05) is 41.2 Å². The van der Waals surface area contributed by atoms with Gasteiger partial charge in [0.15, 0.2) is 5.84 Å². The van der Waals surface area contributed by atoms with E-state index in [2.05, 4.69) is 27.3 Å². The quantitative estimate of drug-likeness (QED) is 0.299. The van der Waals surface area contributed by atoms with Crippen LogP contribution in [-0.4, -0.2) is 21.0 Å². The summed E-state index contributed by atoms with van der Waals surface area (Å²) in [5, 5.41) is 14.6. The molecule has 0 fully saturated rings. The fourth-order valence-electron chi connectivity index (χ4n) is 1.88. The van der Waals surface area contributed by atoms with Crippen molar-refractivity contribution in [2.24, 2.45) is 10.9 Å². The third-order valence-electron chi connectivity index (χ3n) is 2.81. The molecule has 0 atom stereocenters. The van der Waals surface area contributed by atoms with E-state index in [1.165, 1.54) is 11.8 Å². The molecule has 0 saturated carbocycles. The molecule has 3 rings (SSSR count). The number of nitrogens with zero attached hydrogens (tertiary/aromatic N) is 2. The van der Waals surface area contributed by atoms with Crippen molar-refractivity contribution in [3.05, 3.63) is 54.2 Å². The van der Waals surface area contributed by atoms with Crippen molar-refractivity contribution < 1.29 is 5.21 Å². The highest BCUT2D eigenvalue weighted by Gasteiger charge is 2.06. The summed E-state index contributed by atoms with van der Waals surface area (Å²) in [6.07, 6.45) is 0. The summed E-state index contributed by atoms with van der Waals surface area (Å²) < 4.78 is 0. The van der Waals surface area contributed by atoms with Crippen molar-refractivity contribution in [1.29, 1.82) is 0 Å². The van der Waals surface area contributed by atoms with Crippen molar-refractivity contribution in [3.8, 4) is 0 Å². The maximum Gasteiger partial charge on any atom is 0.188 e. The van der Waals surface area contributed by atoms with E-state index in [-0.39, 0.29) is 5.84 Å². The lowest BCUT2D eigenvalue weighted by atomic mass is 10.3. The van der Waals surface area contributed by atoms with Crippen molar-refractivity contribution >= 4 is 28.5 Å². The first-order valence-electron chi connectivity index (χ1n) is 5.97. The number of aromatic nitrogens is 2. The molecule has 2 aromatic heterocycles. The van der Waals surface area contributed by atoms with Crippen LogP contribution in [0.3, 0.4) is 0 Å². The number of nitrogens with two attached hydrogens (primary N) is 1. The van der Waals surface area contributed by atoms with Gasteiger partial charge in [0, 0.05) is 10.9 Å². The van der Waals surface area contributed by atoms with Crippen LogP contribution in [-0.2, 0) is 0 Å². The van der Waals surface area contributed by atoms with E-state index < -0.39 is 0 Å². The fraction of sp³-hybridized carbons (Fsp3) is 0. The largest absolute Gasteiger partial charge is 0.409 e. The Morgan fingerprint density at radius 3 is 2.85 bits per heavy atom. The number of H-pyrrole nitrogens is 1. The minimum absolute atomic E-state index is 0.00379. The molecular formula is C14H12N4OS. The minimum Gasteiger partial charge on any atom is -0.409 e. The summed E-state index contributed by atoms with van der Waals surface area (Å²) in [6.45, 7) is 0. The Labute approximate surface area is 119 Å². The van der Waals surface area contributed by atoms with E-state index in [9.17, 15) is 0 Å². The number of benzene rings is 1. The zero-order valence-electron chi connectivity index (χ0n) is 10.4. The van der Waals surface area contributed by atoms with Crippen molar-refractivity contribution in [3.63, 3.8) is 0 Å². The summed E-state index contributed by atoms with van der Waals surface area (Å²) in [7, 11) is 0. The molecule has 0 spiro atoms. The SMILES string of the molecule is N/C(=N/O)c1cccc(Sc2cc3ccccc3[nH]2)n1. The maximum absolute atomic E-state index is 8.67. The molecular weight excluding hydrogens is 272 g/mol. The molecule has 5 nitrogen and oxygen atoms in total. The summed E-state index contributed by atoms with van der Waals surface area (Å²) in [5.74, 6) is 0.00379. The molecule has 0 bridgehead atoms. The zero-order chi connectivity index (χ0) is 13.9. The molecule has 0 aliphatic heterocycles. The van der Waals surface area contributed by atoms with Gasteiger partial charge in [0.25, 0.3) is 0 Å². The van der Waals surface area contributed by atoms with E-state index in [1.54, 1.807) is 6.07 Å². The van der Waals surface area contributed by atoms with Gasteiger partial charge < -0.3 is 15.9 Å². The van der Waals surface area contributed by atoms with Crippen LogP contribution in [0.4, 0.5) is 0 Å². The first-order chi connectivity index (χ1) is 9.76. The third-order valence-corrected chi connectivity index (χ3v) is 3.69. The Kier molecular flexibility index (Phi) is 3.30. The Morgan fingerprint density at radius 2 is 2.05 bits per heavy atom. The molecule has 0 unspecified atom stereocenters. The lowest BCUT2D eigenvalue weighted by Gasteiger charge is -2.01. The topological polar surface area (TPSA) is 87.3 Å². The first kappa shape index (κ1) is 12.6. The predicted octanol–water partition coefficient (Wildman–Crippen LogP) is 2.81. The average molecular weight is 284 g/mol. The lowest BCUT2D eigenvalue weighted by molar-refractivity contribution is 0.318. The summed E-state index contributed by atoms with van der Waals surface area (Å²) >= 11 is 1.50. The Balaban J connectivity index is 1.90. The lowest BCUT2D eigenvalue weighted by Crippen LogP contribution is -2.14. The molecule has 20 heavy (non-hydrogen) atoms. The molecule has 1 aromatic carbocycles. The highest BCUT2D eigenvalue weighted by molar-refractivity contribution is 7.99. The van der Waals surface area contributed by atoms with Gasteiger partial charge in [-0.25, -0.2) is 4.98 Å². The summed E-state index contributed by atoms with van der Waals surface area (Å²) in [6, 6.07) is 15.5. The van der Waals surface area contributed by atoms with Gasteiger partial charge in [-0.3, -0.25) is 0 Å². The number of para-hydroxylation sites is 1. The molecule has 0 aliphatic carbocycles. The van der Waals surface area contributed by atoms with E-state index in [1.807, 2.05) is 30.3 Å². The number of rotatable bonds is 3. The Bertz CT molecular complexity index is 748. The highest BCUT2D eigenvalue weighted by Crippen LogP contribution is 2.28. The maximum atomic E-state index is 8.67. The molecule has 100 valence electrons. The number of nitrogens with one attached hydrogen (secondary N) is 1. The summed E-state index contributed by atoms with van der Waals surface area (Å²) in [5.41, 5.74) is 7.08. The number of hydrogen-bond acceptors (Lipinski definition) is 4. The van der Waals surface area contributed by atoms with Crippen molar-refractivity contribution in [2.75, 3.05) is 0 Å². The second-order valence-corrected chi connectivity index (χ2v) is 5.23. The van der Waals surface area contributed by atoms with E-state index in [0.717, 1.165) is 21.0 Å². The number of amidine groups is 1. The van der Waals surface area contributed by atoms with Crippen LogP contribution in [0.1, 0.15) is 5.69 Å². The van der Waals surface area contributed by atoms with Crippen LogP contribution in [0, 0.1) is 0 Å². The van der Waals surface area contributed by atoms with Crippen LogP contribution < -0.4 is 5.73 Å². The van der Waals surface area contributed by atoms with E-state index in [0.29, 0.717) is 5.69 Å². The van der Waals surface area contributed by atoms with Gasteiger partial charge in [-0.05, 0) is 24.3 Å². The molecule has 2 heterocycles. The number of oxime groups is 1. The smallest absolute Gasteiger partial charge is 0.188 e. The van der Waals surface area contributed by atoms with Gasteiger partial charge in [-0.2, -0.15) is 0 Å². The number of fused-ring (bicyclic) bond motifs is 1. The molecule has 6 heteroatoms. The zero-order valence-corrected chi connectivity index (χ0v) is 11.3. The van der Waals surface area contributed by atoms with Crippen LogP contribution in [0.5, 0.6) is 0 Å². The normalized spacial score (nSPS) is 11.9. The first-order valence-corrected chi connectivity index (χ1v) is 6.78. The van der Waals surface area contributed by atoms with E-state index >= 15 is 0 Å². The average Bonchev–Trinajstić information content (AvgIpc) is 2.88. The summed E-state index contributed by atoms with van der Waals surface area (Å²) in [4.78, 5) is 7.65. The molecule has 0 saturated heterocycles. The molecule has 3 aromatic rings. The van der Waals surface area contributed by atoms with Gasteiger partial charge in [-0.15, -0.1) is 0 Å². The monoisotopic (exact) mass is 284 g/mol. The van der Waals surface area contributed by atoms with Crippen LogP contribution >= 0.6 is 11.8 Å². The molecule has 0 radical (unpaired) electrons. The van der Waals surface area contributed by atoms with Crippen LogP contribution in [0.2, 0.25) is 0 Å². The van der Waals surface area contributed by atoms with Crippen LogP contribution in [0.15, 0.2) is 63.7 Å². The van der Waals surface area contributed by atoms with E-state index in [4.69, 9.17) is 10.9 Å². The number of hydrogen-bond donors (Lipinski definition) is 3. The Hall–Kier alpha value is -2.47. The highest BCUT2D eigenvalue weighted by atomic mass is 32.2. The number of pyridine rings is 1. The Morgan fingerprint density at radius 1 is 1.20 bits per heavy atom. The van der Waals surface area contributed by atoms with Gasteiger partial charge >= 0.3 is 0 Å². The van der Waals surface area contributed by atoms with Crippen molar-refractivity contribution in [1.82, 2.24) is 9.97 Å². The fourth-order valence-corrected chi connectivity index (χ4v) is 2.74. The van der Waals surface area contributed by atoms with Gasteiger partial charge in [0.2, 0.25) is 0 Å². The minimum atomic E-state index is 0.00379. The molecule has 0 amide bonds. The second-order valence-electron chi connectivity index (χ2n) is 4.17. The van der Waals surface area contributed by atoms with Crippen molar-refractivity contribution in [2.45, 2.75) is 10.1 Å². The molecule has 4 N–H and O–H groups in total. The third kappa shape index (κ3) is 2.46. The predicted molar refractivity (Wildman–Crippen MR) is 79.2 cm³/mol.